The van der Waals surface area contributed by atoms with E-state index in [4.69, 9.17) is 4.98 Å². The number of benzene rings is 1. The Kier molecular flexibility index (Phi) is 6.33. The van der Waals surface area contributed by atoms with Crippen LogP contribution in [0.3, 0.4) is 0 Å². The first-order chi connectivity index (χ1) is 15.3. The number of carbonyl (C=O) groups excluding carboxylic acids is 1. The van der Waals surface area contributed by atoms with Crippen LogP contribution in [0.2, 0.25) is 0 Å². The summed E-state index contributed by atoms with van der Waals surface area (Å²) >= 11 is 0. The van der Waals surface area contributed by atoms with Crippen LogP contribution in [-0.2, 0) is 9.84 Å². The Balaban J connectivity index is 1.83. The first-order valence-corrected chi connectivity index (χ1v) is 13.1. The third-order valence-electron chi connectivity index (χ3n) is 6.05. The van der Waals surface area contributed by atoms with Crippen molar-refractivity contribution in [3.05, 3.63) is 47.2 Å². The van der Waals surface area contributed by atoms with Crippen LogP contribution in [0.1, 0.15) is 60.3 Å². The quantitative estimate of drug-likeness (QED) is 0.545. The number of aryl methyl sites for hydroxylation is 2. The van der Waals surface area contributed by atoms with Gasteiger partial charge < -0.3 is 5.32 Å². The van der Waals surface area contributed by atoms with Gasteiger partial charge in [0.05, 0.1) is 39.9 Å². The average Bonchev–Trinajstić information content (AvgIpc) is 3.30. The standard InChI is InChI=1S/C24H30N4O3S/c1-4-5-6-12-25-24(29)20-14-21(18-9-7-16(2)8-10-18)26-23-22(20)17(3)27-28(23)19-11-13-32(30,31)15-19/h7-10,14,19H,4-6,11-13,15H2,1-3H3,(H,25,29). The molecule has 1 aliphatic heterocycles. The van der Waals surface area contributed by atoms with Crippen molar-refractivity contribution < 1.29 is 13.2 Å². The number of amides is 1. The first-order valence-electron chi connectivity index (χ1n) is 11.2. The summed E-state index contributed by atoms with van der Waals surface area (Å²) in [4.78, 5) is 18.0. The van der Waals surface area contributed by atoms with Crippen molar-refractivity contribution in [3.63, 3.8) is 0 Å². The van der Waals surface area contributed by atoms with Crippen molar-refractivity contribution in [1.29, 1.82) is 0 Å². The zero-order chi connectivity index (χ0) is 22.9. The predicted octanol–water partition coefficient (Wildman–Crippen LogP) is 3.99. The highest BCUT2D eigenvalue weighted by atomic mass is 32.2. The highest BCUT2D eigenvalue weighted by molar-refractivity contribution is 7.91. The van der Waals surface area contributed by atoms with Crippen LogP contribution in [0.15, 0.2) is 30.3 Å². The molecule has 3 aromatic rings. The Morgan fingerprint density at radius 2 is 1.94 bits per heavy atom. The summed E-state index contributed by atoms with van der Waals surface area (Å²) in [5.41, 5.74) is 4.51. The molecule has 0 aliphatic carbocycles. The van der Waals surface area contributed by atoms with Gasteiger partial charge in [0.2, 0.25) is 0 Å². The van der Waals surface area contributed by atoms with E-state index in [9.17, 15) is 13.2 Å². The van der Waals surface area contributed by atoms with Gasteiger partial charge in [0.25, 0.3) is 5.91 Å². The molecule has 3 heterocycles. The number of hydrogen-bond acceptors (Lipinski definition) is 5. The zero-order valence-corrected chi connectivity index (χ0v) is 19.7. The fourth-order valence-electron chi connectivity index (χ4n) is 4.26. The molecule has 1 N–H and O–H groups in total. The fourth-order valence-corrected chi connectivity index (χ4v) is 5.95. The van der Waals surface area contributed by atoms with Gasteiger partial charge in [-0.3, -0.25) is 4.79 Å². The van der Waals surface area contributed by atoms with Crippen molar-refractivity contribution >= 4 is 26.8 Å². The number of pyridine rings is 1. The molecule has 2 aromatic heterocycles. The van der Waals surface area contributed by atoms with Gasteiger partial charge in [-0.25, -0.2) is 18.1 Å². The molecule has 170 valence electrons. The van der Waals surface area contributed by atoms with Crippen LogP contribution >= 0.6 is 0 Å². The van der Waals surface area contributed by atoms with Crippen LogP contribution in [0.4, 0.5) is 0 Å². The number of nitrogens with zero attached hydrogens (tertiary/aromatic N) is 3. The molecule has 1 aliphatic rings. The van der Waals surface area contributed by atoms with Crippen molar-refractivity contribution in [2.24, 2.45) is 0 Å². The number of aromatic nitrogens is 3. The van der Waals surface area contributed by atoms with Crippen molar-refractivity contribution in [3.8, 4) is 11.3 Å². The van der Waals surface area contributed by atoms with Crippen LogP contribution in [-0.4, -0.2) is 47.1 Å². The number of rotatable bonds is 7. The van der Waals surface area contributed by atoms with Gasteiger partial charge in [0.15, 0.2) is 15.5 Å². The molecule has 0 saturated carbocycles. The SMILES string of the molecule is CCCCCNC(=O)c1cc(-c2ccc(C)cc2)nc2c1c(C)nn2C1CCS(=O)(=O)C1. The molecule has 8 heteroatoms. The summed E-state index contributed by atoms with van der Waals surface area (Å²) in [5, 5.41) is 8.37. The van der Waals surface area contributed by atoms with Crippen LogP contribution in [0, 0.1) is 13.8 Å². The van der Waals surface area contributed by atoms with Gasteiger partial charge in [-0.15, -0.1) is 0 Å². The van der Waals surface area contributed by atoms with E-state index in [0.29, 0.717) is 41.0 Å². The second kappa shape index (κ2) is 9.02. The molecule has 32 heavy (non-hydrogen) atoms. The maximum Gasteiger partial charge on any atom is 0.252 e. The van der Waals surface area contributed by atoms with E-state index in [0.717, 1.165) is 30.4 Å². The Labute approximate surface area is 189 Å². The third kappa shape index (κ3) is 4.55. The predicted molar refractivity (Wildman–Crippen MR) is 127 cm³/mol. The van der Waals surface area contributed by atoms with Gasteiger partial charge in [0.1, 0.15) is 0 Å². The summed E-state index contributed by atoms with van der Waals surface area (Å²) in [6, 6.07) is 9.56. The van der Waals surface area contributed by atoms with E-state index >= 15 is 0 Å². The smallest absolute Gasteiger partial charge is 0.252 e. The van der Waals surface area contributed by atoms with Crippen LogP contribution in [0.5, 0.6) is 0 Å². The lowest BCUT2D eigenvalue weighted by atomic mass is 10.0. The van der Waals surface area contributed by atoms with Gasteiger partial charge in [-0.05, 0) is 32.8 Å². The van der Waals surface area contributed by atoms with Crippen molar-refractivity contribution in [1.82, 2.24) is 20.1 Å². The molecule has 0 bridgehead atoms. The second-order valence-corrected chi connectivity index (χ2v) is 10.9. The molecular formula is C24H30N4O3S. The van der Waals surface area contributed by atoms with Crippen LogP contribution in [0.25, 0.3) is 22.3 Å². The minimum atomic E-state index is -3.08. The molecule has 1 saturated heterocycles. The van der Waals surface area contributed by atoms with Crippen LogP contribution < -0.4 is 5.32 Å². The largest absolute Gasteiger partial charge is 0.352 e. The van der Waals surface area contributed by atoms with Gasteiger partial charge in [-0.1, -0.05) is 49.6 Å². The summed E-state index contributed by atoms with van der Waals surface area (Å²) in [5.74, 6) is 0.0576. The molecular weight excluding hydrogens is 424 g/mol. The minimum absolute atomic E-state index is 0.0538. The molecule has 0 radical (unpaired) electrons. The van der Waals surface area contributed by atoms with E-state index < -0.39 is 9.84 Å². The maximum absolute atomic E-state index is 13.2. The Morgan fingerprint density at radius 1 is 1.19 bits per heavy atom. The molecule has 1 fully saturated rings. The zero-order valence-electron chi connectivity index (χ0n) is 18.9. The normalized spacial score (nSPS) is 17.7. The van der Waals surface area contributed by atoms with Gasteiger partial charge in [0, 0.05) is 12.1 Å². The van der Waals surface area contributed by atoms with Crippen molar-refractivity contribution in [2.45, 2.75) is 52.5 Å². The van der Waals surface area contributed by atoms with E-state index in [1.807, 2.05) is 44.2 Å². The number of hydrogen-bond donors (Lipinski definition) is 1. The number of nitrogens with one attached hydrogen (secondary N) is 1. The maximum atomic E-state index is 13.2. The lowest BCUT2D eigenvalue weighted by Gasteiger charge is -2.12. The Hall–Kier alpha value is -2.74. The summed E-state index contributed by atoms with van der Waals surface area (Å²) in [6.45, 7) is 6.62. The van der Waals surface area contributed by atoms with E-state index in [1.54, 1.807) is 4.68 Å². The number of fused-ring (bicyclic) bond motifs is 1. The molecule has 4 rings (SSSR count). The second-order valence-electron chi connectivity index (χ2n) is 8.67. The molecule has 1 unspecified atom stereocenters. The monoisotopic (exact) mass is 454 g/mol. The lowest BCUT2D eigenvalue weighted by Crippen LogP contribution is -2.25. The highest BCUT2D eigenvalue weighted by Gasteiger charge is 2.32. The van der Waals surface area contributed by atoms with Gasteiger partial charge in [-0.2, -0.15) is 5.10 Å². The van der Waals surface area contributed by atoms with Gasteiger partial charge >= 0.3 is 0 Å². The summed E-state index contributed by atoms with van der Waals surface area (Å²) in [6.07, 6.45) is 3.59. The fraction of sp³-hybridized carbons (Fsp3) is 0.458. The number of carbonyl (C=O) groups is 1. The molecule has 7 nitrogen and oxygen atoms in total. The van der Waals surface area contributed by atoms with E-state index in [-0.39, 0.29) is 23.5 Å². The van der Waals surface area contributed by atoms with E-state index in [2.05, 4.69) is 17.3 Å². The van der Waals surface area contributed by atoms with E-state index in [1.165, 1.54) is 0 Å². The molecule has 1 amide bonds. The van der Waals surface area contributed by atoms with Crippen molar-refractivity contribution in [2.75, 3.05) is 18.1 Å². The third-order valence-corrected chi connectivity index (χ3v) is 7.80. The molecule has 0 spiro atoms. The molecule has 1 aromatic carbocycles. The first kappa shape index (κ1) is 22.5. The topological polar surface area (TPSA) is 93.9 Å². The minimum Gasteiger partial charge on any atom is -0.352 e. The molecule has 1 atom stereocenters. The number of sulfone groups is 1. The average molecular weight is 455 g/mol. The Bertz CT molecular complexity index is 1250. The highest BCUT2D eigenvalue weighted by Crippen LogP contribution is 2.32. The summed E-state index contributed by atoms with van der Waals surface area (Å²) < 4.78 is 25.9. The lowest BCUT2D eigenvalue weighted by molar-refractivity contribution is 0.0954. The number of unbranched alkanes of at least 4 members (excludes halogenated alkanes) is 2. The Morgan fingerprint density at radius 3 is 2.59 bits per heavy atom. The summed E-state index contributed by atoms with van der Waals surface area (Å²) in [7, 11) is -3.08.